The highest BCUT2D eigenvalue weighted by molar-refractivity contribution is 5.82. The molecule has 4 rings (SSSR count). The number of H-pyrrole nitrogens is 1. The number of nitrogens with zero attached hydrogens (tertiary/aromatic N) is 4. The molecule has 0 saturated carbocycles. The first-order valence-electron chi connectivity index (χ1n) is 8.84. The third kappa shape index (κ3) is 3.15. The number of nitrogens with one attached hydrogen (secondary N) is 1. The van der Waals surface area contributed by atoms with Crippen molar-refractivity contribution in [2.75, 3.05) is 44.2 Å². The van der Waals surface area contributed by atoms with E-state index in [-0.39, 0.29) is 6.61 Å². The van der Waals surface area contributed by atoms with Crippen molar-refractivity contribution in [2.45, 2.75) is 0 Å². The lowest BCUT2D eigenvalue weighted by molar-refractivity contribution is 0.189. The van der Waals surface area contributed by atoms with Crippen LogP contribution in [0.15, 0.2) is 42.7 Å². The number of hydrogen-bond donors (Lipinski definition) is 2. The molecule has 1 aliphatic heterocycles. The molecule has 0 bridgehead atoms. The first-order valence-corrected chi connectivity index (χ1v) is 8.84. The maximum absolute atomic E-state index is 9.65. The molecule has 3 heterocycles. The molecular weight excluding hydrogens is 326 g/mol. The molecule has 2 N–H and O–H groups in total. The molecule has 0 unspecified atom stereocenters. The van der Waals surface area contributed by atoms with Crippen LogP contribution < -0.4 is 4.90 Å². The van der Waals surface area contributed by atoms with Crippen LogP contribution in [0.3, 0.4) is 0 Å². The summed E-state index contributed by atoms with van der Waals surface area (Å²) in [7, 11) is 0. The third-order valence-electron chi connectivity index (χ3n) is 4.98. The van der Waals surface area contributed by atoms with Crippen molar-refractivity contribution in [1.82, 2.24) is 14.9 Å². The van der Waals surface area contributed by atoms with Crippen LogP contribution in [0.1, 0.15) is 5.56 Å². The second-order valence-corrected chi connectivity index (χ2v) is 6.54. The Hall–Kier alpha value is -2.88. The van der Waals surface area contributed by atoms with Gasteiger partial charge in [-0.15, -0.1) is 0 Å². The molecular formula is C20H21N5O. The van der Waals surface area contributed by atoms with Crippen molar-refractivity contribution in [1.29, 1.82) is 5.26 Å². The average molecular weight is 347 g/mol. The van der Waals surface area contributed by atoms with Gasteiger partial charge in [-0.1, -0.05) is 6.07 Å². The van der Waals surface area contributed by atoms with Crippen molar-refractivity contribution in [3.63, 3.8) is 0 Å². The van der Waals surface area contributed by atoms with E-state index in [1.54, 1.807) is 0 Å². The first-order chi connectivity index (χ1) is 12.8. The van der Waals surface area contributed by atoms with Crippen molar-refractivity contribution < 1.29 is 5.11 Å². The molecule has 132 valence electrons. The fraction of sp³-hybridized carbons (Fsp3) is 0.300. The number of β-amino-alcohol motifs (C(OH)–C–C–N with tert-alkyl or cyclic N) is 1. The van der Waals surface area contributed by atoms with Gasteiger partial charge in [0.1, 0.15) is 11.7 Å². The van der Waals surface area contributed by atoms with Crippen molar-refractivity contribution in [2.24, 2.45) is 0 Å². The van der Waals surface area contributed by atoms with Gasteiger partial charge in [0.15, 0.2) is 0 Å². The molecule has 0 atom stereocenters. The molecule has 6 nitrogen and oxygen atoms in total. The highest BCUT2D eigenvalue weighted by Gasteiger charge is 2.19. The number of nitriles is 1. The van der Waals surface area contributed by atoms with Crippen LogP contribution in [0.25, 0.3) is 22.2 Å². The third-order valence-corrected chi connectivity index (χ3v) is 4.98. The Labute approximate surface area is 152 Å². The van der Waals surface area contributed by atoms with E-state index in [9.17, 15) is 5.26 Å². The SMILES string of the molecule is N#Cc1cc(-c2cnc3[nH]ccc3c2)ccc1N1CCN(CCO)CC1. The Bertz CT molecular complexity index is 950. The molecule has 26 heavy (non-hydrogen) atoms. The standard InChI is InChI=1S/C20H21N5O/c21-13-17-11-15(18-12-16-3-4-22-20(16)23-14-18)1-2-19(17)25-7-5-24(6-8-25)9-10-26/h1-4,11-12,14,26H,5-10H2,(H,22,23). The number of aromatic nitrogens is 2. The molecule has 6 heteroatoms. The van der Waals surface area contributed by atoms with Crippen LogP contribution >= 0.6 is 0 Å². The first kappa shape index (κ1) is 16.6. The molecule has 1 saturated heterocycles. The number of rotatable bonds is 4. The van der Waals surface area contributed by atoms with E-state index in [2.05, 4.69) is 38.0 Å². The summed E-state index contributed by atoms with van der Waals surface area (Å²) in [6.45, 7) is 4.45. The number of pyridine rings is 1. The molecule has 2 aromatic heterocycles. The van der Waals surface area contributed by atoms with E-state index in [0.29, 0.717) is 12.1 Å². The summed E-state index contributed by atoms with van der Waals surface area (Å²) in [6, 6.07) is 12.5. The van der Waals surface area contributed by atoms with E-state index >= 15 is 0 Å². The number of benzene rings is 1. The molecule has 0 radical (unpaired) electrons. The lowest BCUT2D eigenvalue weighted by atomic mass is 10.0. The summed E-state index contributed by atoms with van der Waals surface area (Å²) < 4.78 is 0. The number of piperazine rings is 1. The van der Waals surface area contributed by atoms with E-state index in [0.717, 1.165) is 54.0 Å². The van der Waals surface area contributed by atoms with Crippen LogP contribution in [-0.4, -0.2) is 59.3 Å². The second kappa shape index (κ2) is 7.16. The van der Waals surface area contributed by atoms with Gasteiger partial charge < -0.3 is 15.0 Å². The Morgan fingerprint density at radius 1 is 1.12 bits per heavy atom. The minimum atomic E-state index is 0.192. The Morgan fingerprint density at radius 3 is 2.73 bits per heavy atom. The van der Waals surface area contributed by atoms with Gasteiger partial charge in [0.05, 0.1) is 17.9 Å². The van der Waals surface area contributed by atoms with Gasteiger partial charge in [0.25, 0.3) is 0 Å². The molecule has 0 amide bonds. The molecule has 1 fully saturated rings. The molecule has 1 aliphatic rings. The zero-order valence-corrected chi connectivity index (χ0v) is 14.5. The van der Waals surface area contributed by atoms with Gasteiger partial charge in [-0.3, -0.25) is 4.90 Å². The fourth-order valence-electron chi connectivity index (χ4n) is 3.53. The molecule has 1 aromatic carbocycles. The summed E-state index contributed by atoms with van der Waals surface area (Å²) >= 11 is 0. The van der Waals surface area contributed by atoms with Gasteiger partial charge in [-0.05, 0) is 29.8 Å². The van der Waals surface area contributed by atoms with E-state index in [4.69, 9.17) is 5.11 Å². The normalized spacial score (nSPS) is 15.3. The minimum absolute atomic E-state index is 0.192. The smallest absolute Gasteiger partial charge is 0.137 e. The van der Waals surface area contributed by atoms with Crippen LogP contribution in [0, 0.1) is 11.3 Å². The average Bonchev–Trinajstić information content (AvgIpc) is 3.16. The summed E-state index contributed by atoms with van der Waals surface area (Å²) in [6.07, 6.45) is 3.71. The van der Waals surface area contributed by atoms with E-state index < -0.39 is 0 Å². The van der Waals surface area contributed by atoms with Crippen LogP contribution in [0.5, 0.6) is 0 Å². The zero-order valence-electron chi connectivity index (χ0n) is 14.5. The van der Waals surface area contributed by atoms with Gasteiger partial charge in [-0.25, -0.2) is 4.98 Å². The maximum atomic E-state index is 9.65. The lowest BCUT2D eigenvalue weighted by Crippen LogP contribution is -2.47. The summed E-state index contributed by atoms with van der Waals surface area (Å²) in [4.78, 5) is 12.0. The van der Waals surface area contributed by atoms with Gasteiger partial charge in [0, 0.05) is 56.1 Å². The molecule has 0 spiro atoms. The van der Waals surface area contributed by atoms with Crippen LogP contribution in [0.2, 0.25) is 0 Å². The van der Waals surface area contributed by atoms with Gasteiger partial charge in [0.2, 0.25) is 0 Å². The summed E-state index contributed by atoms with van der Waals surface area (Å²) in [5, 5.41) is 19.8. The Morgan fingerprint density at radius 2 is 1.96 bits per heavy atom. The minimum Gasteiger partial charge on any atom is -0.395 e. The maximum Gasteiger partial charge on any atom is 0.137 e. The van der Waals surface area contributed by atoms with E-state index in [1.165, 1.54) is 0 Å². The van der Waals surface area contributed by atoms with Crippen LogP contribution in [-0.2, 0) is 0 Å². The number of hydrogen-bond acceptors (Lipinski definition) is 5. The highest BCUT2D eigenvalue weighted by Crippen LogP contribution is 2.29. The van der Waals surface area contributed by atoms with Gasteiger partial charge in [-0.2, -0.15) is 5.26 Å². The summed E-state index contributed by atoms with van der Waals surface area (Å²) in [5.74, 6) is 0. The second-order valence-electron chi connectivity index (χ2n) is 6.54. The predicted molar refractivity (Wildman–Crippen MR) is 102 cm³/mol. The number of aliphatic hydroxyl groups is 1. The zero-order chi connectivity index (χ0) is 17.9. The number of aliphatic hydroxyl groups excluding tert-OH is 1. The van der Waals surface area contributed by atoms with Crippen LogP contribution in [0.4, 0.5) is 5.69 Å². The van der Waals surface area contributed by atoms with Crippen molar-refractivity contribution >= 4 is 16.7 Å². The Kier molecular flexibility index (Phi) is 4.57. The Balaban J connectivity index is 1.59. The molecule has 0 aliphatic carbocycles. The quantitative estimate of drug-likeness (QED) is 0.756. The van der Waals surface area contributed by atoms with Crippen molar-refractivity contribution in [3.05, 3.63) is 48.3 Å². The number of aromatic amines is 1. The lowest BCUT2D eigenvalue weighted by Gasteiger charge is -2.36. The topological polar surface area (TPSA) is 79.2 Å². The number of anilines is 1. The fourth-order valence-corrected chi connectivity index (χ4v) is 3.53. The summed E-state index contributed by atoms with van der Waals surface area (Å²) in [5.41, 5.74) is 4.54. The van der Waals surface area contributed by atoms with Gasteiger partial charge >= 0.3 is 0 Å². The monoisotopic (exact) mass is 347 g/mol. The van der Waals surface area contributed by atoms with E-state index in [1.807, 2.05) is 30.6 Å². The predicted octanol–water partition coefficient (Wildman–Crippen LogP) is 2.22. The number of fused-ring (bicyclic) bond motifs is 1. The highest BCUT2D eigenvalue weighted by atomic mass is 16.3. The van der Waals surface area contributed by atoms with Crippen molar-refractivity contribution in [3.8, 4) is 17.2 Å². The largest absolute Gasteiger partial charge is 0.395 e. The molecule has 3 aromatic rings.